The van der Waals surface area contributed by atoms with Crippen molar-refractivity contribution in [1.82, 2.24) is 0 Å². The van der Waals surface area contributed by atoms with Gasteiger partial charge >= 0.3 is 0 Å². The van der Waals surface area contributed by atoms with Crippen LogP contribution < -0.4 is 0 Å². The highest BCUT2D eigenvalue weighted by molar-refractivity contribution is 8.29. The fourth-order valence-corrected chi connectivity index (χ4v) is 1.88. The SMILES string of the molecule is CC(C)OS(C)(C)C(C)(C)C. The summed E-state index contributed by atoms with van der Waals surface area (Å²) in [5, 5.41) is 0. The predicted molar refractivity (Wildman–Crippen MR) is 55.4 cm³/mol. The molecule has 0 aromatic rings. The van der Waals surface area contributed by atoms with Crippen LogP contribution in [0.3, 0.4) is 0 Å². The number of hydrogen-bond donors (Lipinski definition) is 0. The van der Waals surface area contributed by atoms with Crippen LogP contribution in [0, 0.1) is 0 Å². The molecule has 0 N–H and O–H groups in total. The minimum absolute atomic E-state index is 0.289. The third kappa shape index (κ3) is 3.48. The second-order valence-electron chi connectivity index (χ2n) is 4.49. The highest BCUT2D eigenvalue weighted by Crippen LogP contribution is 2.54. The van der Waals surface area contributed by atoms with Gasteiger partial charge in [-0.3, -0.25) is 0 Å². The zero-order chi connectivity index (χ0) is 9.28. The first-order chi connectivity index (χ1) is 4.67. The van der Waals surface area contributed by atoms with E-state index in [4.69, 9.17) is 4.18 Å². The van der Waals surface area contributed by atoms with Crippen molar-refractivity contribution in [2.24, 2.45) is 0 Å². The van der Waals surface area contributed by atoms with Gasteiger partial charge in [0.2, 0.25) is 0 Å². The van der Waals surface area contributed by atoms with Gasteiger partial charge in [0.1, 0.15) is 0 Å². The maximum Gasteiger partial charge on any atom is 0.0644 e. The summed E-state index contributed by atoms with van der Waals surface area (Å²) >= 11 is 0. The van der Waals surface area contributed by atoms with Gasteiger partial charge in [0.05, 0.1) is 6.10 Å². The van der Waals surface area contributed by atoms with Crippen molar-refractivity contribution in [3.63, 3.8) is 0 Å². The van der Waals surface area contributed by atoms with E-state index in [0.717, 1.165) is 0 Å². The molecule has 1 nitrogen and oxygen atoms in total. The fourth-order valence-electron chi connectivity index (χ4n) is 0.625. The van der Waals surface area contributed by atoms with Crippen LogP contribution in [0.1, 0.15) is 34.6 Å². The van der Waals surface area contributed by atoms with Gasteiger partial charge in [0.25, 0.3) is 0 Å². The fraction of sp³-hybridized carbons (Fsp3) is 1.00. The van der Waals surface area contributed by atoms with Gasteiger partial charge in [-0.25, -0.2) is 0 Å². The maximum absolute atomic E-state index is 5.89. The molecule has 0 amide bonds. The van der Waals surface area contributed by atoms with Crippen molar-refractivity contribution >= 4 is 10.3 Å². The molecule has 70 valence electrons. The minimum atomic E-state index is -0.897. The standard InChI is InChI=1S/C9H22OS/c1-8(2)10-11(6,7)9(3,4)5/h8H,1-7H3. The molecular formula is C9H22OS. The van der Waals surface area contributed by atoms with Crippen molar-refractivity contribution in [2.75, 3.05) is 12.5 Å². The van der Waals surface area contributed by atoms with Crippen LogP contribution in [0.4, 0.5) is 0 Å². The first-order valence-electron chi connectivity index (χ1n) is 4.08. The highest BCUT2D eigenvalue weighted by atomic mass is 32.3. The van der Waals surface area contributed by atoms with Gasteiger partial charge in [-0.05, 0) is 26.4 Å². The van der Waals surface area contributed by atoms with Gasteiger partial charge in [-0.1, -0.05) is 20.8 Å². The summed E-state index contributed by atoms with van der Waals surface area (Å²) < 4.78 is 6.17. The Morgan fingerprint density at radius 2 is 1.45 bits per heavy atom. The summed E-state index contributed by atoms with van der Waals surface area (Å²) in [6.45, 7) is 10.9. The van der Waals surface area contributed by atoms with Gasteiger partial charge in [-0.15, -0.1) is 10.3 Å². The minimum Gasteiger partial charge on any atom is -0.334 e. The number of hydrogen-bond acceptors (Lipinski definition) is 1. The van der Waals surface area contributed by atoms with Crippen LogP contribution in [-0.4, -0.2) is 23.4 Å². The molecule has 0 rings (SSSR count). The lowest BCUT2D eigenvalue weighted by Crippen LogP contribution is -2.27. The Hall–Kier alpha value is 0.310. The van der Waals surface area contributed by atoms with E-state index in [1.807, 2.05) is 0 Å². The molecule has 0 saturated carbocycles. The Labute approximate surface area is 73.0 Å². The van der Waals surface area contributed by atoms with Gasteiger partial charge in [0.15, 0.2) is 0 Å². The van der Waals surface area contributed by atoms with E-state index < -0.39 is 10.3 Å². The summed E-state index contributed by atoms with van der Waals surface area (Å²) in [7, 11) is -0.897. The summed E-state index contributed by atoms with van der Waals surface area (Å²) in [4.78, 5) is 0. The van der Waals surface area contributed by atoms with Crippen LogP contribution in [0.2, 0.25) is 0 Å². The predicted octanol–water partition coefficient (Wildman–Crippen LogP) is 3.19. The van der Waals surface area contributed by atoms with Gasteiger partial charge < -0.3 is 4.18 Å². The van der Waals surface area contributed by atoms with Crippen molar-refractivity contribution in [3.8, 4) is 0 Å². The molecular weight excluding hydrogens is 156 g/mol. The quantitative estimate of drug-likeness (QED) is 0.631. The van der Waals surface area contributed by atoms with Crippen molar-refractivity contribution in [1.29, 1.82) is 0 Å². The van der Waals surface area contributed by atoms with Crippen LogP contribution in [-0.2, 0) is 4.18 Å². The van der Waals surface area contributed by atoms with E-state index in [1.165, 1.54) is 0 Å². The first kappa shape index (κ1) is 11.3. The zero-order valence-electron chi connectivity index (χ0n) is 8.89. The lowest BCUT2D eigenvalue weighted by Gasteiger charge is -2.44. The van der Waals surface area contributed by atoms with E-state index in [0.29, 0.717) is 6.10 Å². The molecule has 11 heavy (non-hydrogen) atoms. The molecule has 0 aliphatic rings. The Morgan fingerprint density at radius 3 is 1.55 bits per heavy atom. The Morgan fingerprint density at radius 1 is 1.09 bits per heavy atom. The number of rotatable bonds is 2. The topological polar surface area (TPSA) is 9.23 Å². The summed E-state index contributed by atoms with van der Waals surface area (Å²) in [6.07, 6.45) is 4.80. The van der Waals surface area contributed by atoms with E-state index in [2.05, 4.69) is 47.1 Å². The van der Waals surface area contributed by atoms with Crippen LogP contribution in [0.25, 0.3) is 0 Å². The van der Waals surface area contributed by atoms with Gasteiger partial charge in [0, 0.05) is 4.75 Å². The lowest BCUT2D eigenvalue weighted by atomic mass is 10.3. The average Bonchev–Trinajstić information content (AvgIpc) is 1.56. The van der Waals surface area contributed by atoms with E-state index in [9.17, 15) is 0 Å². The molecule has 0 unspecified atom stereocenters. The third-order valence-corrected chi connectivity index (χ3v) is 5.72. The third-order valence-electron chi connectivity index (χ3n) is 1.91. The van der Waals surface area contributed by atoms with Crippen LogP contribution in [0.5, 0.6) is 0 Å². The first-order valence-corrected chi connectivity index (χ1v) is 6.45. The van der Waals surface area contributed by atoms with E-state index >= 15 is 0 Å². The molecule has 0 radical (unpaired) electrons. The molecule has 0 fully saturated rings. The monoisotopic (exact) mass is 178 g/mol. The Balaban J connectivity index is 4.22. The zero-order valence-corrected chi connectivity index (χ0v) is 9.71. The summed E-state index contributed by atoms with van der Waals surface area (Å²) in [6, 6.07) is 0. The summed E-state index contributed by atoms with van der Waals surface area (Å²) in [5.41, 5.74) is 0. The smallest absolute Gasteiger partial charge is 0.0644 e. The molecule has 0 aliphatic carbocycles. The van der Waals surface area contributed by atoms with E-state index in [-0.39, 0.29) is 4.75 Å². The van der Waals surface area contributed by atoms with Crippen molar-refractivity contribution in [3.05, 3.63) is 0 Å². The van der Waals surface area contributed by atoms with Crippen molar-refractivity contribution in [2.45, 2.75) is 45.5 Å². The molecule has 0 aromatic heterocycles. The normalized spacial score (nSPS) is 15.6. The molecule has 0 spiro atoms. The second-order valence-corrected chi connectivity index (χ2v) is 8.37. The molecule has 2 heteroatoms. The Bertz CT molecular complexity index is 122. The van der Waals surface area contributed by atoms with Crippen molar-refractivity contribution < 1.29 is 4.18 Å². The molecule has 0 bridgehead atoms. The average molecular weight is 178 g/mol. The largest absolute Gasteiger partial charge is 0.334 e. The molecule has 0 saturated heterocycles. The molecule has 0 atom stereocenters. The molecule has 0 aromatic carbocycles. The van der Waals surface area contributed by atoms with E-state index in [1.54, 1.807) is 0 Å². The van der Waals surface area contributed by atoms with Crippen LogP contribution in [0.15, 0.2) is 0 Å². The molecule has 0 aliphatic heterocycles. The second kappa shape index (κ2) is 3.36. The lowest BCUT2D eigenvalue weighted by molar-refractivity contribution is 0.270. The summed E-state index contributed by atoms with van der Waals surface area (Å²) in [5.74, 6) is 0. The maximum atomic E-state index is 5.89. The van der Waals surface area contributed by atoms with Gasteiger partial charge in [-0.2, -0.15) is 0 Å². The Kier molecular flexibility index (Phi) is 3.45. The van der Waals surface area contributed by atoms with Crippen LogP contribution >= 0.6 is 10.3 Å². The molecule has 0 heterocycles. The highest BCUT2D eigenvalue weighted by Gasteiger charge is 2.29.